The lowest BCUT2D eigenvalue weighted by atomic mass is 10.0. The summed E-state index contributed by atoms with van der Waals surface area (Å²) in [5.74, 6) is -1.63. The summed E-state index contributed by atoms with van der Waals surface area (Å²) in [6, 6.07) is 4.82. The Kier molecular flexibility index (Phi) is 3.16. The number of aliphatic carboxylic acids is 1. The minimum Gasteiger partial charge on any atom is -0.481 e. The highest BCUT2D eigenvalue weighted by Crippen LogP contribution is 2.29. The Labute approximate surface area is 121 Å². The molecule has 0 aliphatic carbocycles. The van der Waals surface area contributed by atoms with Crippen LogP contribution in [0.1, 0.15) is 29.3 Å². The van der Waals surface area contributed by atoms with Crippen LogP contribution in [0.15, 0.2) is 18.2 Å². The van der Waals surface area contributed by atoms with Crippen molar-refractivity contribution in [2.24, 2.45) is 5.92 Å². The lowest BCUT2D eigenvalue weighted by Crippen LogP contribution is -2.37. The van der Waals surface area contributed by atoms with Gasteiger partial charge in [-0.2, -0.15) is 0 Å². The fourth-order valence-electron chi connectivity index (χ4n) is 3.07. The molecule has 21 heavy (non-hydrogen) atoms. The van der Waals surface area contributed by atoms with Crippen molar-refractivity contribution in [2.45, 2.75) is 25.8 Å². The summed E-state index contributed by atoms with van der Waals surface area (Å²) in [6.45, 7) is 2.21. The van der Waals surface area contributed by atoms with Crippen LogP contribution in [0.5, 0.6) is 0 Å². The second-order valence-electron chi connectivity index (χ2n) is 5.57. The van der Waals surface area contributed by atoms with Crippen LogP contribution < -0.4 is 5.32 Å². The maximum Gasteiger partial charge on any atom is 0.308 e. The van der Waals surface area contributed by atoms with Crippen LogP contribution in [0.3, 0.4) is 0 Å². The van der Waals surface area contributed by atoms with E-state index in [1.165, 1.54) is 0 Å². The first-order valence-electron chi connectivity index (χ1n) is 6.94. The van der Waals surface area contributed by atoms with Gasteiger partial charge in [-0.25, -0.2) is 0 Å². The van der Waals surface area contributed by atoms with Gasteiger partial charge in [0.2, 0.25) is 5.91 Å². The number of fused-ring (bicyclic) bond motifs is 1. The van der Waals surface area contributed by atoms with E-state index in [0.29, 0.717) is 30.6 Å². The summed E-state index contributed by atoms with van der Waals surface area (Å²) in [4.78, 5) is 36.6. The molecular weight excluding hydrogens is 272 g/mol. The summed E-state index contributed by atoms with van der Waals surface area (Å²) < 4.78 is 0. The van der Waals surface area contributed by atoms with Crippen molar-refractivity contribution in [1.29, 1.82) is 0 Å². The lowest BCUT2D eigenvalue weighted by Gasteiger charge is -2.23. The van der Waals surface area contributed by atoms with Gasteiger partial charge in [0, 0.05) is 23.8 Å². The highest BCUT2D eigenvalue weighted by Gasteiger charge is 2.38. The molecule has 2 N–H and O–H groups in total. The van der Waals surface area contributed by atoms with Crippen molar-refractivity contribution in [3.8, 4) is 0 Å². The van der Waals surface area contributed by atoms with Crippen LogP contribution in [0.25, 0.3) is 0 Å². The first kappa shape index (κ1) is 13.6. The Hall–Kier alpha value is -2.37. The number of carbonyl (C=O) groups is 3. The predicted molar refractivity (Wildman–Crippen MR) is 75.0 cm³/mol. The van der Waals surface area contributed by atoms with Crippen LogP contribution in [0.2, 0.25) is 0 Å². The highest BCUT2D eigenvalue weighted by atomic mass is 16.4. The summed E-state index contributed by atoms with van der Waals surface area (Å²) >= 11 is 0. The van der Waals surface area contributed by atoms with E-state index in [1.807, 2.05) is 0 Å². The molecule has 0 spiro atoms. The lowest BCUT2D eigenvalue weighted by molar-refractivity contribution is -0.142. The van der Waals surface area contributed by atoms with Gasteiger partial charge in [0.15, 0.2) is 0 Å². The number of nitrogens with one attached hydrogen (secondary N) is 1. The normalized spacial score (nSPS) is 23.9. The van der Waals surface area contributed by atoms with Crippen LogP contribution in [-0.2, 0) is 16.0 Å². The van der Waals surface area contributed by atoms with Gasteiger partial charge in [-0.05, 0) is 31.0 Å². The Morgan fingerprint density at radius 1 is 1.38 bits per heavy atom. The van der Waals surface area contributed by atoms with Gasteiger partial charge in [0.05, 0.1) is 12.3 Å². The molecule has 6 heteroatoms. The minimum absolute atomic E-state index is 0.0740. The van der Waals surface area contributed by atoms with Crippen molar-refractivity contribution in [1.82, 2.24) is 4.90 Å². The number of hydrogen-bond acceptors (Lipinski definition) is 3. The summed E-state index contributed by atoms with van der Waals surface area (Å²) in [5.41, 5.74) is 2.04. The standard InChI is InChI=1S/C15H16N2O4/c1-8-11(15(20)21)4-5-17(8)14(19)10-3-2-9-7-13(18)16-12(9)6-10/h2-3,6,8,11H,4-5,7H2,1H3,(H,16,18)(H,20,21). The van der Waals surface area contributed by atoms with Crippen LogP contribution in [-0.4, -0.2) is 40.4 Å². The average Bonchev–Trinajstić information content (AvgIpc) is 2.98. The SMILES string of the molecule is CC1C(C(=O)O)CCN1C(=O)c1ccc2c(c1)NC(=O)C2. The molecule has 1 fully saturated rings. The third kappa shape index (κ3) is 2.26. The first-order chi connectivity index (χ1) is 9.97. The molecule has 0 radical (unpaired) electrons. The van der Waals surface area contributed by atoms with Crippen molar-refractivity contribution in [2.75, 3.05) is 11.9 Å². The minimum atomic E-state index is -0.862. The molecule has 2 atom stereocenters. The molecule has 0 aromatic heterocycles. The van der Waals surface area contributed by atoms with Crippen molar-refractivity contribution in [3.63, 3.8) is 0 Å². The highest BCUT2D eigenvalue weighted by molar-refractivity contribution is 6.02. The Morgan fingerprint density at radius 2 is 2.14 bits per heavy atom. The molecule has 2 amide bonds. The topological polar surface area (TPSA) is 86.7 Å². The molecule has 6 nitrogen and oxygen atoms in total. The number of hydrogen-bond donors (Lipinski definition) is 2. The van der Waals surface area contributed by atoms with Crippen molar-refractivity contribution in [3.05, 3.63) is 29.3 Å². The monoisotopic (exact) mass is 288 g/mol. The number of amides is 2. The van der Waals surface area contributed by atoms with Crippen molar-refractivity contribution < 1.29 is 19.5 Å². The molecule has 0 saturated carbocycles. The zero-order valence-corrected chi connectivity index (χ0v) is 11.6. The third-order valence-electron chi connectivity index (χ3n) is 4.31. The summed E-state index contributed by atoms with van der Waals surface area (Å²) in [5, 5.41) is 11.8. The van der Waals surface area contributed by atoms with Gasteiger partial charge in [0.1, 0.15) is 0 Å². The number of carbonyl (C=O) groups excluding carboxylic acids is 2. The van der Waals surface area contributed by atoms with Crippen LogP contribution in [0.4, 0.5) is 5.69 Å². The molecule has 0 bridgehead atoms. The van der Waals surface area contributed by atoms with E-state index in [0.717, 1.165) is 5.56 Å². The van der Waals surface area contributed by atoms with E-state index in [-0.39, 0.29) is 17.9 Å². The molecule has 110 valence electrons. The van der Waals surface area contributed by atoms with Gasteiger partial charge in [-0.1, -0.05) is 6.07 Å². The van der Waals surface area contributed by atoms with E-state index in [9.17, 15) is 14.4 Å². The van der Waals surface area contributed by atoms with Gasteiger partial charge < -0.3 is 15.3 Å². The van der Waals surface area contributed by atoms with Crippen LogP contribution >= 0.6 is 0 Å². The Balaban J connectivity index is 1.82. The van der Waals surface area contributed by atoms with Crippen molar-refractivity contribution >= 4 is 23.5 Å². The number of likely N-dealkylation sites (tertiary alicyclic amines) is 1. The number of carboxylic acid groups (broad SMARTS) is 1. The Morgan fingerprint density at radius 3 is 2.81 bits per heavy atom. The number of nitrogens with zero attached hydrogens (tertiary/aromatic N) is 1. The smallest absolute Gasteiger partial charge is 0.308 e. The molecule has 2 aliphatic heterocycles. The summed E-state index contributed by atoms with van der Waals surface area (Å²) in [7, 11) is 0. The average molecular weight is 288 g/mol. The molecule has 1 saturated heterocycles. The van der Waals surface area contributed by atoms with Gasteiger partial charge in [-0.3, -0.25) is 14.4 Å². The molecular formula is C15H16N2O4. The number of anilines is 1. The number of benzene rings is 1. The van der Waals surface area contributed by atoms with Gasteiger partial charge >= 0.3 is 5.97 Å². The first-order valence-corrected chi connectivity index (χ1v) is 6.94. The second-order valence-corrected chi connectivity index (χ2v) is 5.57. The molecule has 1 aromatic rings. The quantitative estimate of drug-likeness (QED) is 0.853. The zero-order valence-electron chi connectivity index (χ0n) is 11.6. The van der Waals surface area contributed by atoms with Gasteiger partial charge in [0.25, 0.3) is 5.91 Å². The number of rotatable bonds is 2. The molecule has 2 aliphatic rings. The van der Waals surface area contributed by atoms with Crippen LogP contribution in [0, 0.1) is 5.92 Å². The molecule has 1 aromatic carbocycles. The fraction of sp³-hybridized carbons (Fsp3) is 0.400. The molecule has 3 rings (SSSR count). The van der Waals surface area contributed by atoms with E-state index in [1.54, 1.807) is 30.0 Å². The maximum absolute atomic E-state index is 12.5. The van der Waals surface area contributed by atoms with E-state index in [4.69, 9.17) is 5.11 Å². The third-order valence-corrected chi connectivity index (χ3v) is 4.31. The Bertz CT molecular complexity index is 641. The van der Waals surface area contributed by atoms with Gasteiger partial charge in [-0.15, -0.1) is 0 Å². The second kappa shape index (κ2) is 4.87. The molecule has 2 heterocycles. The maximum atomic E-state index is 12.5. The van der Waals surface area contributed by atoms with E-state index in [2.05, 4.69) is 5.32 Å². The largest absolute Gasteiger partial charge is 0.481 e. The zero-order chi connectivity index (χ0) is 15.1. The van der Waals surface area contributed by atoms with E-state index >= 15 is 0 Å². The molecule has 2 unspecified atom stereocenters. The number of carboxylic acids is 1. The van der Waals surface area contributed by atoms with E-state index < -0.39 is 11.9 Å². The predicted octanol–water partition coefficient (Wildman–Crippen LogP) is 1.12. The fourth-order valence-corrected chi connectivity index (χ4v) is 3.07. The summed E-state index contributed by atoms with van der Waals surface area (Å²) in [6.07, 6.45) is 0.814.